The van der Waals surface area contributed by atoms with Crippen molar-refractivity contribution < 1.29 is 22.8 Å². The first-order chi connectivity index (χ1) is 8.77. The van der Waals surface area contributed by atoms with Gasteiger partial charge in [-0.3, -0.25) is 10.1 Å². The highest BCUT2D eigenvalue weighted by atomic mass is 19.4. The van der Waals surface area contributed by atoms with Crippen molar-refractivity contribution in [2.45, 2.75) is 26.1 Å². The number of anilines is 1. The van der Waals surface area contributed by atoms with E-state index in [-0.39, 0.29) is 5.69 Å². The second kappa shape index (κ2) is 5.77. The Bertz CT molecular complexity index is 463. The summed E-state index contributed by atoms with van der Waals surface area (Å²) in [6, 6.07) is 3.94. The number of rotatable bonds is 5. The lowest BCUT2D eigenvalue weighted by Gasteiger charge is -2.18. The van der Waals surface area contributed by atoms with E-state index >= 15 is 0 Å². The molecular formula is C11H13F3N2O3. The molecule has 106 valence electrons. The third-order valence-corrected chi connectivity index (χ3v) is 2.31. The first kappa shape index (κ1) is 15.1. The Kier molecular flexibility index (Phi) is 4.57. The van der Waals surface area contributed by atoms with Crippen molar-refractivity contribution in [3.8, 4) is 5.75 Å². The summed E-state index contributed by atoms with van der Waals surface area (Å²) in [5.41, 5.74) is -0.375. The molecule has 0 aliphatic heterocycles. The maximum atomic E-state index is 12.4. The van der Waals surface area contributed by atoms with E-state index in [1.54, 1.807) is 6.92 Å². The zero-order valence-corrected chi connectivity index (χ0v) is 10.3. The summed E-state index contributed by atoms with van der Waals surface area (Å²) in [7, 11) is 0. The molecule has 1 atom stereocenters. The molecule has 1 aromatic rings. The molecule has 0 fully saturated rings. The van der Waals surface area contributed by atoms with Crippen LogP contribution in [0.5, 0.6) is 5.75 Å². The van der Waals surface area contributed by atoms with Gasteiger partial charge in [0.05, 0.1) is 4.92 Å². The first-order valence-corrected chi connectivity index (χ1v) is 5.52. The molecule has 19 heavy (non-hydrogen) atoms. The van der Waals surface area contributed by atoms with Crippen molar-refractivity contribution in [3.63, 3.8) is 0 Å². The van der Waals surface area contributed by atoms with Gasteiger partial charge in [-0.05, 0) is 26.0 Å². The number of benzene rings is 1. The average molecular weight is 278 g/mol. The molecule has 0 saturated carbocycles. The minimum atomic E-state index is -4.58. The van der Waals surface area contributed by atoms with Crippen LogP contribution in [0, 0.1) is 10.1 Å². The molecule has 1 unspecified atom stereocenters. The van der Waals surface area contributed by atoms with Crippen LogP contribution in [0.3, 0.4) is 0 Å². The number of nitro benzene ring substituents is 1. The Labute approximate surface area is 107 Å². The molecule has 5 nitrogen and oxygen atoms in total. The highest BCUT2D eigenvalue weighted by Crippen LogP contribution is 2.37. The lowest BCUT2D eigenvalue weighted by Crippen LogP contribution is -2.31. The highest BCUT2D eigenvalue weighted by molar-refractivity contribution is 5.68. The zero-order valence-electron chi connectivity index (χ0n) is 10.3. The Morgan fingerprint density at radius 1 is 1.47 bits per heavy atom. The van der Waals surface area contributed by atoms with E-state index < -0.39 is 28.6 Å². The summed E-state index contributed by atoms with van der Waals surface area (Å²) in [4.78, 5) is 10.2. The van der Waals surface area contributed by atoms with Gasteiger partial charge in [0.15, 0.2) is 11.9 Å². The SMILES string of the molecule is CCNc1cccc(OC(C)C(F)(F)F)c1[N+](=O)[O-]. The molecule has 0 spiro atoms. The van der Waals surface area contributed by atoms with Crippen molar-refractivity contribution in [2.24, 2.45) is 0 Å². The summed E-state index contributed by atoms with van der Waals surface area (Å²) in [6.45, 7) is 2.92. The quantitative estimate of drug-likeness (QED) is 0.662. The lowest BCUT2D eigenvalue weighted by atomic mass is 10.2. The van der Waals surface area contributed by atoms with Crippen molar-refractivity contribution in [1.82, 2.24) is 0 Å². The Morgan fingerprint density at radius 2 is 2.11 bits per heavy atom. The zero-order chi connectivity index (χ0) is 14.6. The molecule has 0 saturated heterocycles. The van der Waals surface area contributed by atoms with Crippen molar-refractivity contribution in [3.05, 3.63) is 28.3 Å². The fourth-order valence-corrected chi connectivity index (χ4v) is 1.40. The topological polar surface area (TPSA) is 64.4 Å². The molecular weight excluding hydrogens is 265 g/mol. The molecule has 0 aromatic heterocycles. The number of para-hydroxylation sites is 1. The molecule has 0 amide bonds. The number of ether oxygens (including phenoxy) is 1. The van der Waals surface area contributed by atoms with Crippen LogP contribution in [0.15, 0.2) is 18.2 Å². The van der Waals surface area contributed by atoms with Gasteiger partial charge >= 0.3 is 11.9 Å². The van der Waals surface area contributed by atoms with Gasteiger partial charge < -0.3 is 10.1 Å². The van der Waals surface area contributed by atoms with E-state index in [0.29, 0.717) is 6.54 Å². The van der Waals surface area contributed by atoms with E-state index in [4.69, 9.17) is 0 Å². The fourth-order valence-electron chi connectivity index (χ4n) is 1.40. The van der Waals surface area contributed by atoms with Crippen LogP contribution in [0.25, 0.3) is 0 Å². The number of hydrogen-bond donors (Lipinski definition) is 1. The number of halogens is 3. The van der Waals surface area contributed by atoms with Gasteiger partial charge in [0.1, 0.15) is 5.69 Å². The molecule has 0 bridgehead atoms. The Balaban J connectivity index is 3.13. The van der Waals surface area contributed by atoms with Crippen LogP contribution < -0.4 is 10.1 Å². The van der Waals surface area contributed by atoms with Crippen molar-refractivity contribution >= 4 is 11.4 Å². The molecule has 1 N–H and O–H groups in total. The molecule has 1 aromatic carbocycles. The maximum absolute atomic E-state index is 12.4. The van der Waals surface area contributed by atoms with Gasteiger partial charge in [-0.25, -0.2) is 0 Å². The van der Waals surface area contributed by atoms with E-state index in [9.17, 15) is 23.3 Å². The fraction of sp³-hybridized carbons (Fsp3) is 0.455. The number of nitrogens with zero attached hydrogens (tertiary/aromatic N) is 1. The molecule has 8 heteroatoms. The van der Waals surface area contributed by atoms with Crippen LogP contribution in [-0.4, -0.2) is 23.7 Å². The van der Waals surface area contributed by atoms with E-state index in [2.05, 4.69) is 10.1 Å². The predicted octanol–water partition coefficient (Wildman–Crippen LogP) is 3.36. The third kappa shape index (κ3) is 3.73. The second-order valence-electron chi connectivity index (χ2n) is 3.74. The van der Waals surface area contributed by atoms with E-state index in [1.165, 1.54) is 12.1 Å². The summed E-state index contributed by atoms with van der Waals surface area (Å²) >= 11 is 0. The molecule has 0 heterocycles. The number of nitro groups is 1. The monoisotopic (exact) mass is 278 g/mol. The second-order valence-corrected chi connectivity index (χ2v) is 3.74. The molecule has 0 radical (unpaired) electrons. The van der Waals surface area contributed by atoms with Gasteiger partial charge in [-0.1, -0.05) is 6.07 Å². The molecule has 0 aliphatic rings. The predicted molar refractivity (Wildman–Crippen MR) is 63.4 cm³/mol. The average Bonchev–Trinajstić information content (AvgIpc) is 2.27. The summed E-state index contributed by atoms with van der Waals surface area (Å²) in [5, 5.41) is 13.7. The summed E-state index contributed by atoms with van der Waals surface area (Å²) in [5.74, 6) is -0.409. The van der Waals surface area contributed by atoms with Gasteiger partial charge in [0.25, 0.3) is 0 Å². The number of alkyl halides is 3. The number of hydrogen-bond acceptors (Lipinski definition) is 4. The van der Waals surface area contributed by atoms with Crippen LogP contribution in [0.1, 0.15) is 13.8 Å². The van der Waals surface area contributed by atoms with Crippen LogP contribution >= 0.6 is 0 Å². The van der Waals surface area contributed by atoms with E-state index in [1.807, 2.05) is 0 Å². The van der Waals surface area contributed by atoms with Gasteiger partial charge in [0, 0.05) is 6.54 Å². The van der Waals surface area contributed by atoms with Crippen LogP contribution in [0.2, 0.25) is 0 Å². The van der Waals surface area contributed by atoms with Gasteiger partial charge in [-0.15, -0.1) is 0 Å². The van der Waals surface area contributed by atoms with Gasteiger partial charge in [0.2, 0.25) is 0 Å². The van der Waals surface area contributed by atoms with Crippen LogP contribution in [0.4, 0.5) is 24.5 Å². The minimum Gasteiger partial charge on any atom is -0.474 e. The summed E-state index contributed by atoms with van der Waals surface area (Å²) in [6.07, 6.45) is -6.70. The molecule has 1 rings (SSSR count). The van der Waals surface area contributed by atoms with Crippen molar-refractivity contribution in [1.29, 1.82) is 0 Å². The highest BCUT2D eigenvalue weighted by Gasteiger charge is 2.39. The first-order valence-electron chi connectivity index (χ1n) is 5.52. The summed E-state index contributed by atoms with van der Waals surface area (Å²) < 4.78 is 41.9. The Morgan fingerprint density at radius 3 is 2.58 bits per heavy atom. The van der Waals surface area contributed by atoms with Crippen molar-refractivity contribution in [2.75, 3.05) is 11.9 Å². The standard InChI is InChI=1S/C11H13F3N2O3/c1-3-15-8-5-4-6-9(10(8)16(17)18)19-7(2)11(12,13)14/h4-7,15H,3H2,1-2H3. The normalized spacial score (nSPS) is 12.9. The maximum Gasteiger partial charge on any atom is 0.425 e. The lowest BCUT2D eigenvalue weighted by molar-refractivity contribution is -0.385. The van der Waals surface area contributed by atoms with Gasteiger partial charge in [-0.2, -0.15) is 13.2 Å². The smallest absolute Gasteiger partial charge is 0.425 e. The number of nitrogens with one attached hydrogen (secondary N) is 1. The largest absolute Gasteiger partial charge is 0.474 e. The minimum absolute atomic E-state index is 0.124. The van der Waals surface area contributed by atoms with Crippen LogP contribution in [-0.2, 0) is 0 Å². The third-order valence-electron chi connectivity index (χ3n) is 2.31. The van der Waals surface area contributed by atoms with E-state index in [0.717, 1.165) is 13.0 Å². The molecule has 0 aliphatic carbocycles. The Hall–Kier alpha value is -1.99.